The molecule has 1 aliphatic rings. The Morgan fingerprint density at radius 3 is 3.20 bits per heavy atom. The summed E-state index contributed by atoms with van der Waals surface area (Å²) in [4.78, 5) is 11.5. The Labute approximate surface area is 92.0 Å². The first-order valence-electron chi connectivity index (χ1n) is 4.80. The Kier molecular flexibility index (Phi) is 3.02. The Morgan fingerprint density at radius 2 is 2.60 bits per heavy atom. The van der Waals surface area contributed by atoms with E-state index >= 15 is 0 Å². The highest BCUT2D eigenvalue weighted by atomic mass is 32.2. The number of hydrogen-bond acceptors (Lipinski definition) is 4. The second-order valence-corrected chi connectivity index (χ2v) is 4.83. The number of amides is 1. The van der Waals surface area contributed by atoms with Crippen molar-refractivity contribution in [3.8, 4) is 0 Å². The van der Waals surface area contributed by atoms with Crippen LogP contribution in [-0.2, 0) is 0 Å². The molecule has 15 heavy (non-hydrogen) atoms. The maximum atomic E-state index is 11.5. The molecule has 1 aromatic heterocycles. The number of hydrogen-bond donors (Lipinski definition) is 2. The minimum atomic E-state index is -0.732. The molecule has 82 valence electrons. The molecule has 1 aliphatic heterocycles. The molecule has 5 heteroatoms. The lowest BCUT2D eigenvalue weighted by atomic mass is 10.0. The third-order valence-corrected chi connectivity index (χ3v) is 3.68. The van der Waals surface area contributed by atoms with Crippen LogP contribution in [0.2, 0.25) is 0 Å². The summed E-state index contributed by atoms with van der Waals surface area (Å²) in [5.41, 5.74) is -0.242. The standard InChI is InChI=1S/C10H13NO3S/c12-9(8-1-3-14-5-8)11-6-10(13)2-4-15-7-10/h1,3,5,13H,2,4,6-7H2,(H,11,12)/t10-/m1/s1. The van der Waals surface area contributed by atoms with Gasteiger partial charge in [0.1, 0.15) is 6.26 Å². The molecule has 0 saturated carbocycles. The zero-order chi connectivity index (χ0) is 10.7. The fourth-order valence-corrected chi connectivity index (χ4v) is 2.77. The topological polar surface area (TPSA) is 62.5 Å². The predicted molar refractivity (Wildman–Crippen MR) is 57.9 cm³/mol. The van der Waals surface area contributed by atoms with Crippen molar-refractivity contribution < 1.29 is 14.3 Å². The van der Waals surface area contributed by atoms with Crippen LogP contribution in [0.1, 0.15) is 16.8 Å². The summed E-state index contributed by atoms with van der Waals surface area (Å²) in [6, 6.07) is 1.60. The molecule has 0 bridgehead atoms. The van der Waals surface area contributed by atoms with Crippen molar-refractivity contribution in [2.45, 2.75) is 12.0 Å². The Hall–Kier alpha value is -0.940. The molecular formula is C10H13NO3S. The van der Waals surface area contributed by atoms with Crippen LogP contribution in [0, 0.1) is 0 Å². The molecule has 0 radical (unpaired) electrons. The lowest BCUT2D eigenvalue weighted by Crippen LogP contribution is -2.42. The SMILES string of the molecule is O=C(NC[C@]1(O)CCSC1)c1ccoc1. The first-order valence-corrected chi connectivity index (χ1v) is 5.96. The number of thioether (sulfide) groups is 1. The highest BCUT2D eigenvalue weighted by molar-refractivity contribution is 7.99. The van der Waals surface area contributed by atoms with Crippen LogP contribution in [0.25, 0.3) is 0 Å². The van der Waals surface area contributed by atoms with E-state index in [0.717, 1.165) is 12.2 Å². The summed E-state index contributed by atoms with van der Waals surface area (Å²) in [6.45, 7) is 0.310. The highest BCUT2D eigenvalue weighted by Crippen LogP contribution is 2.26. The van der Waals surface area contributed by atoms with Crippen LogP contribution < -0.4 is 5.32 Å². The van der Waals surface area contributed by atoms with Crippen molar-refractivity contribution in [1.82, 2.24) is 5.32 Å². The van der Waals surface area contributed by atoms with Crippen molar-refractivity contribution >= 4 is 17.7 Å². The molecule has 2 heterocycles. The van der Waals surface area contributed by atoms with Gasteiger partial charge in [-0.15, -0.1) is 0 Å². The van der Waals surface area contributed by atoms with Crippen molar-refractivity contribution in [2.24, 2.45) is 0 Å². The quantitative estimate of drug-likeness (QED) is 0.804. The summed E-state index contributed by atoms with van der Waals surface area (Å²) >= 11 is 1.71. The van der Waals surface area contributed by atoms with E-state index in [2.05, 4.69) is 5.32 Å². The first kappa shape index (κ1) is 10.6. The van der Waals surface area contributed by atoms with Crippen LogP contribution in [0.5, 0.6) is 0 Å². The van der Waals surface area contributed by atoms with Gasteiger partial charge < -0.3 is 14.8 Å². The Bertz CT molecular complexity index is 330. The average molecular weight is 227 g/mol. The average Bonchev–Trinajstić information content (AvgIpc) is 2.85. The normalized spacial score (nSPS) is 25.4. The fourth-order valence-electron chi connectivity index (χ4n) is 1.48. The third kappa shape index (κ3) is 2.54. The van der Waals surface area contributed by atoms with Gasteiger partial charge in [-0.2, -0.15) is 11.8 Å². The molecule has 0 spiro atoms. The van der Waals surface area contributed by atoms with Crippen molar-refractivity contribution in [1.29, 1.82) is 0 Å². The van der Waals surface area contributed by atoms with Gasteiger partial charge in [-0.3, -0.25) is 4.79 Å². The Morgan fingerprint density at radius 1 is 1.73 bits per heavy atom. The van der Waals surface area contributed by atoms with Gasteiger partial charge in [0.15, 0.2) is 0 Å². The van der Waals surface area contributed by atoms with Gasteiger partial charge in [0.25, 0.3) is 5.91 Å². The van der Waals surface area contributed by atoms with Gasteiger partial charge in [-0.25, -0.2) is 0 Å². The summed E-state index contributed by atoms with van der Waals surface area (Å²) in [6.07, 6.45) is 3.58. The fraction of sp³-hybridized carbons (Fsp3) is 0.500. The molecule has 0 aromatic carbocycles. The lowest BCUT2D eigenvalue weighted by Gasteiger charge is -2.21. The van der Waals surface area contributed by atoms with Gasteiger partial charge in [0, 0.05) is 12.3 Å². The van der Waals surface area contributed by atoms with Crippen molar-refractivity contribution in [2.75, 3.05) is 18.1 Å². The summed E-state index contributed by atoms with van der Waals surface area (Å²) in [7, 11) is 0. The van der Waals surface area contributed by atoms with E-state index in [1.54, 1.807) is 17.8 Å². The lowest BCUT2D eigenvalue weighted by molar-refractivity contribution is 0.0612. The highest BCUT2D eigenvalue weighted by Gasteiger charge is 2.32. The van der Waals surface area contributed by atoms with E-state index in [0.29, 0.717) is 17.9 Å². The second-order valence-electron chi connectivity index (χ2n) is 3.72. The Balaban J connectivity index is 1.85. The number of carbonyl (C=O) groups excluding carboxylic acids is 1. The number of nitrogens with one attached hydrogen (secondary N) is 1. The summed E-state index contributed by atoms with van der Waals surface area (Å²) in [5, 5.41) is 12.7. The van der Waals surface area contributed by atoms with E-state index in [4.69, 9.17) is 4.42 Å². The van der Waals surface area contributed by atoms with Crippen LogP contribution in [0.4, 0.5) is 0 Å². The van der Waals surface area contributed by atoms with Gasteiger partial charge in [-0.05, 0) is 18.2 Å². The summed E-state index contributed by atoms with van der Waals surface area (Å²) < 4.78 is 4.81. The zero-order valence-corrected chi connectivity index (χ0v) is 9.05. The summed E-state index contributed by atoms with van der Waals surface area (Å²) in [5.74, 6) is 1.45. The molecule has 4 nitrogen and oxygen atoms in total. The minimum absolute atomic E-state index is 0.200. The van der Waals surface area contributed by atoms with E-state index in [1.807, 2.05) is 0 Å². The number of furan rings is 1. The van der Waals surface area contributed by atoms with E-state index in [9.17, 15) is 9.90 Å². The number of carbonyl (C=O) groups is 1. The van der Waals surface area contributed by atoms with Crippen LogP contribution in [0.15, 0.2) is 23.0 Å². The monoisotopic (exact) mass is 227 g/mol. The molecule has 2 rings (SSSR count). The van der Waals surface area contributed by atoms with Gasteiger partial charge in [0.2, 0.25) is 0 Å². The third-order valence-electron chi connectivity index (χ3n) is 2.44. The molecule has 1 atom stereocenters. The van der Waals surface area contributed by atoms with E-state index < -0.39 is 5.60 Å². The number of aliphatic hydroxyl groups is 1. The molecule has 1 saturated heterocycles. The van der Waals surface area contributed by atoms with Crippen LogP contribution in [0.3, 0.4) is 0 Å². The maximum absolute atomic E-state index is 11.5. The largest absolute Gasteiger partial charge is 0.472 e. The van der Waals surface area contributed by atoms with E-state index in [-0.39, 0.29) is 5.91 Å². The molecule has 1 fully saturated rings. The van der Waals surface area contributed by atoms with E-state index in [1.165, 1.54) is 12.5 Å². The maximum Gasteiger partial charge on any atom is 0.254 e. The van der Waals surface area contributed by atoms with Gasteiger partial charge >= 0.3 is 0 Å². The second kappa shape index (κ2) is 4.28. The number of rotatable bonds is 3. The predicted octanol–water partition coefficient (Wildman–Crippen LogP) is 0.877. The van der Waals surface area contributed by atoms with Crippen LogP contribution in [-0.4, -0.2) is 34.7 Å². The van der Waals surface area contributed by atoms with Crippen molar-refractivity contribution in [3.05, 3.63) is 24.2 Å². The molecule has 2 N–H and O–H groups in total. The molecule has 0 aliphatic carbocycles. The minimum Gasteiger partial charge on any atom is -0.472 e. The van der Waals surface area contributed by atoms with Gasteiger partial charge in [0.05, 0.1) is 17.4 Å². The van der Waals surface area contributed by atoms with Crippen LogP contribution >= 0.6 is 11.8 Å². The van der Waals surface area contributed by atoms with Crippen molar-refractivity contribution in [3.63, 3.8) is 0 Å². The molecule has 1 aromatic rings. The first-order chi connectivity index (χ1) is 7.20. The zero-order valence-electron chi connectivity index (χ0n) is 8.23. The smallest absolute Gasteiger partial charge is 0.254 e. The van der Waals surface area contributed by atoms with Gasteiger partial charge in [-0.1, -0.05) is 0 Å². The molecule has 0 unspecified atom stereocenters. The molecular weight excluding hydrogens is 214 g/mol. The molecule has 1 amide bonds.